The Morgan fingerprint density at radius 1 is 0.897 bits per heavy atom. The summed E-state index contributed by atoms with van der Waals surface area (Å²) >= 11 is 0. The smallest absolute Gasteiger partial charge is 0.223 e. The van der Waals surface area contributed by atoms with Crippen LogP contribution in [0.1, 0.15) is 43.4 Å². The van der Waals surface area contributed by atoms with Gasteiger partial charge in [-0.25, -0.2) is 0 Å². The zero-order valence-electron chi connectivity index (χ0n) is 22.6. The minimum Gasteiger partial charge on any atom is -0.399 e. The van der Waals surface area contributed by atoms with E-state index in [1.165, 1.54) is 5.69 Å². The molecule has 2 aliphatic rings. The quantitative estimate of drug-likeness (QED) is 0.381. The highest BCUT2D eigenvalue weighted by molar-refractivity contribution is 5.85. The predicted molar refractivity (Wildman–Crippen MR) is 152 cm³/mol. The Morgan fingerprint density at radius 2 is 1.67 bits per heavy atom. The molecule has 39 heavy (non-hydrogen) atoms. The summed E-state index contributed by atoms with van der Waals surface area (Å²) in [6, 6.07) is 18.3. The molecule has 0 unspecified atom stereocenters. The number of ketones is 1. The highest BCUT2D eigenvalue weighted by atomic mass is 16.2. The molecule has 2 aromatic carbocycles. The number of hydrogen-bond donors (Lipinski definition) is 1. The molecular weight excluding hydrogens is 490 g/mol. The summed E-state index contributed by atoms with van der Waals surface area (Å²) in [6.45, 7) is 6.16. The number of anilines is 2. The van der Waals surface area contributed by atoms with E-state index in [1.807, 2.05) is 40.0 Å². The number of likely N-dealkylation sites (tertiary alicyclic amines) is 1. The largest absolute Gasteiger partial charge is 0.399 e. The Balaban J connectivity index is 1.04. The fourth-order valence-corrected chi connectivity index (χ4v) is 5.59. The third kappa shape index (κ3) is 7.44. The zero-order chi connectivity index (χ0) is 27.0. The van der Waals surface area contributed by atoms with Gasteiger partial charge in [-0.15, -0.1) is 5.10 Å². The van der Waals surface area contributed by atoms with Gasteiger partial charge in [-0.3, -0.25) is 19.2 Å². The molecule has 1 aromatic heterocycles. The van der Waals surface area contributed by atoms with Crippen molar-refractivity contribution in [1.82, 2.24) is 24.8 Å². The molecule has 0 spiro atoms. The molecule has 9 heteroatoms. The van der Waals surface area contributed by atoms with Crippen LogP contribution in [0.3, 0.4) is 0 Å². The molecule has 5 rings (SSSR count). The van der Waals surface area contributed by atoms with E-state index in [-0.39, 0.29) is 24.2 Å². The lowest BCUT2D eigenvalue weighted by molar-refractivity contribution is -0.134. The summed E-state index contributed by atoms with van der Waals surface area (Å²) in [5, 5.41) is 8.78. The van der Waals surface area contributed by atoms with Crippen molar-refractivity contribution >= 4 is 23.1 Å². The lowest BCUT2D eigenvalue weighted by Gasteiger charge is -2.35. The number of amides is 1. The molecule has 1 amide bonds. The number of aromatic nitrogens is 3. The molecule has 2 saturated heterocycles. The second kappa shape index (κ2) is 12.9. The van der Waals surface area contributed by atoms with Crippen LogP contribution in [0.15, 0.2) is 60.8 Å². The first-order valence-electron chi connectivity index (χ1n) is 14.1. The van der Waals surface area contributed by atoms with Gasteiger partial charge in [0.05, 0.1) is 18.3 Å². The maximum atomic E-state index is 13.0. The van der Waals surface area contributed by atoms with Crippen molar-refractivity contribution in [2.24, 2.45) is 0 Å². The highest BCUT2D eigenvalue weighted by Crippen LogP contribution is 2.21. The van der Waals surface area contributed by atoms with Gasteiger partial charge in [0.1, 0.15) is 5.78 Å². The molecule has 206 valence electrons. The van der Waals surface area contributed by atoms with Gasteiger partial charge in [0.15, 0.2) is 0 Å². The number of piperazine rings is 1. The number of carbonyl (C=O) groups is 2. The predicted octanol–water partition coefficient (Wildman–Crippen LogP) is 3.16. The van der Waals surface area contributed by atoms with Crippen molar-refractivity contribution in [2.75, 3.05) is 43.4 Å². The molecule has 0 saturated carbocycles. The standard InChI is InChI=1S/C30H39N7O2/c31-25-11-8-24(9-12-25)10-13-29(38)14-15-30(39)37-16-4-7-28(37)23-36-22-26(32-33-36)21-34-17-19-35(20-18-34)27-5-2-1-3-6-27/h1-3,5-6,8-9,11-12,22,28H,4,7,10,13-21,23,31H2/t28-/m1/s1. The van der Waals surface area contributed by atoms with Crippen LogP contribution in [0.5, 0.6) is 0 Å². The third-order valence-corrected chi connectivity index (χ3v) is 7.85. The SMILES string of the molecule is Nc1ccc(CCC(=O)CCC(=O)N2CCC[C@@H]2Cn2cc(CN3CCN(c4ccccc4)CC3)nn2)cc1. The van der Waals surface area contributed by atoms with E-state index < -0.39 is 0 Å². The third-order valence-electron chi connectivity index (χ3n) is 7.85. The minimum absolute atomic E-state index is 0.0648. The summed E-state index contributed by atoms with van der Waals surface area (Å²) in [6.07, 6.45) is 5.64. The van der Waals surface area contributed by atoms with Crippen molar-refractivity contribution in [3.05, 3.63) is 72.1 Å². The maximum absolute atomic E-state index is 13.0. The Hall–Kier alpha value is -3.72. The number of benzene rings is 2. The van der Waals surface area contributed by atoms with Crippen molar-refractivity contribution in [1.29, 1.82) is 0 Å². The normalized spacial score (nSPS) is 18.0. The van der Waals surface area contributed by atoms with Gasteiger partial charge < -0.3 is 15.5 Å². The topological polar surface area (TPSA) is 101 Å². The number of Topliss-reactive ketones (excluding diaryl/α,β-unsaturated/α-hetero) is 1. The monoisotopic (exact) mass is 529 g/mol. The van der Waals surface area contributed by atoms with Crippen LogP contribution in [-0.2, 0) is 29.1 Å². The first-order chi connectivity index (χ1) is 19.0. The highest BCUT2D eigenvalue weighted by Gasteiger charge is 2.29. The van der Waals surface area contributed by atoms with Gasteiger partial charge in [0.25, 0.3) is 0 Å². The van der Waals surface area contributed by atoms with E-state index >= 15 is 0 Å². The molecule has 3 aromatic rings. The number of carbonyl (C=O) groups excluding carboxylic acids is 2. The first-order valence-corrected chi connectivity index (χ1v) is 14.1. The van der Waals surface area contributed by atoms with E-state index in [9.17, 15) is 9.59 Å². The summed E-state index contributed by atoms with van der Waals surface area (Å²) < 4.78 is 1.88. The first kappa shape index (κ1) is 26.9. The summed E-state index contributed by atoms with van der Waals surface area (Å²) in [4.78, 5) is 32.2. The average Bonchev–Trinajstić information content (AvgIpc) is 3.62. The van der Waals surface area contributed by atoms with Gasteiger partial charge in [-0.1, -0.05) is 35.5 Å². The number of nitrogens with two attached hydrogens (primary N) is 1. The fraction of sp³-hybridized carbons (Fsp3) is 0.467. The van der Waals surface area contributed by atoms with Crippen LogP contribution in [0, 0.1) is 0 Å². The molecular formula is C30H39N7O2. The lowest BCUT2D eigenvalue weighted by atomic mass is 10.0. The minimum atomic E-state index is 0.0648. The van der Waals surface area contributed by atoms with Crippen LogP contribution in [0.2, 0.25) is 0 Å². The molecule has 2 aliphatic heterocycles. The van der Waals surface area contributed by atoms with E-state index in [0.29, 0.717) is 25.8 Å². The van der Waals surface area contributed by atoms with Crippen LogP contribution < -0.4 is 10.6 Å². The van der Waals surface area contributed by atoms with Gasteiger partial charge in [-0.2, -0.15) is 0 Å². The second-order valence-electron chi connectivity index (χ2n) is 10.7. The summed E-state index contributed by atoms with van der Waals surface area (Å²) in [5.41, 5.74) is 9.77. The van der Waals surface area contributed by atoms with Crippen molar-refractivity contribution in [3.63, 3.8) is 0 Å². The van der Waals surface area contributed by atoms with Crippen LogP contribution in [0.4, 0.5) is 11.4 Å². The molecule has 0 radical (unpaired) electrons. The average molecular weight is 530 g/mol. The molecule has 3 heterocycles. The van der Waals surface area contributed by atoms with Crippen LogP contribution >= 0.6 is 0 Å². The van der Waals surface area contributed by atoms with E-state index in [1.54, 1.807) is 0 Å². The van der Waals surface area contributed by atoms with E-state index in [4.69, 9.17) is 5.73 Å². The maximum Gasteiger partial charge on any atom is 0.223 e. The molecule has 2 N–H and O–H groups in total. The van der Waals surface area contributed by atoms with Gasteiger partial charge in [-0.05, 0) is 49.1 Å². The molecule has 0 bridgehead atoms. The Bertz CT molecular complexity index is 1220. The number of aryl methyl sites for hydroxylation is 1. The number of hydrogen-bond acceptors (Lipinski definition) is 7. The number of rotatable bonds is 11. The van der Waals surface area contributed by atoms with Gasteiger partial charge >= 0.3 is 0 Å². The van der Waals surface area contributed by atoms with Gasteiger partial charge in [0, 0.05) is 76.1 Å². The second-order valence-corrected chi connectivity index (χ2v) is 10.7. The Kier molecular flexibility index (Phi) is 8.88. The van der Waals surface area contributed by atoms with E-state index in [0.717, 1.165) is 69.1 Å². The Labute approximate surface area is 230 Å². The van der Waals surface area contributed by atoms with E-state index in [2.05, 4.69) is 50.4 Å². The van der Waals surface area contributed by atoms with Crippen molar-refractivity contribution < 1.29 is 9.59 Å². The number of nitrogens with zero attached hydrogens (tertiary/aromatic N) is 6. The molecule has 2 fully saturated rings. The van der Waals surface area contributed by atoms with Gasteiger partial charge in [0.2, 0.25) is 5.91 Å². The Morgan fingerprint density at radius 3 is 2.44 bits per heavy atom. The molecule has 9 nitrogen and oxygen atoms in total. The van der Waals surface area contributed by atoms with Crippen molar-refractivity contribution in [3.8, 4) is 0 Å². The lowest BCUT2D eigenvalue weighted by Crippen LogP contribution is -2.46. The fourth-order valence-electron chi connectivity index (χ4n) is 5.59. The number of para-hydroxylation sites is 1. The zero-order valence-corrected chi connectivity index (χ0v) is 22.6. The molecule has 1 atom stereocenters. The summed E-state index contributed by atoms with van der Waals surface area (Å²) in [7, 11) is 0. The van der Waals surface area contributed by atoms with Crippen molar-refractivity contribution in [2.45, 2.75) is 57.7 Å². The summed E-state index contributed by atoms with van der Waals surface area (Å²) in [5.74, 6) is 0.191. The molecule has 0 aliphatic carbocycles. The van der Waals surface area contributed by atoms with Crippen LogP contribution in [0.25, 0.3) is 0 Å². The van der Waals surface area contributed by atoms with Crippen LogP contribution in [-0.4, -0.2) is 75.2 Å². The number of nitrogen functional groups attached to an aromatic ring is 1.